The topological polar surface area (TPSA) is 64.7 Å². The highest BCUT2D eigenvalue weighted by Crippen LogP contribution is 2.23. The van der Waals surface area contributed by atoms with Gasteiger partial charge in [0, 0.05) is 22.9 Å². The first-order valence-corrected chi connectivity index (χ1v) is 6.08. The van der Waals surface area contributed by atoms with Crippen molar-refractivity contribution in [2.45, 2.75) is 19.9 Å². The summed E-state index contributed by atoms with van der Waals surface area (Å²) in [5, 5.41) is 0. The van der Waals surface area contributed by atoms with Crippen molar-refractivity contribution in [1.29, 1.82) is 0 Å². The Bertz CT molecular complexity index is 523. The Kier molecular flexibility index (Phi) is 3.49. The van der Waals surface area contributed by atoms with Gasteiger partial charge in [0.15, 0.2) is 0 Å². The summed E-state index contributed by atoms with van der Waals surface area (Å²) >= 11 is 3.36. The van der Waals surface area contributed by atoms with Gasteiger partial charge in [-0.15, -0.1) is 0 Å². The maximum atomic E-state index is 5.89. The second kappa shape index (κ2) is 4.89. The fourth-order valence-electron chi connectivity index (χ4n) is 1.52. The molecule has 1 atom stereocenters. The summed E-state index contributed by atoms with van der Waals surface area (Å²) in [6.45, 7) is 3.79. The molecule has 0 saturated heterocycles. The minimum atomic E-state index is -0.163. The zero-order chi connectivity index (χ0) is 12.4. The highest BCUT2D eigenvalue weighted by atomic mass is 79.9. The standard InChI is InChI=1S/C12H13BrN4/c1-7-5-16-11(8(2)14)12(17-7)10-4-3-9(13)6-15-10/h3-6,8H,14H2,1-2H3/t8-/m0/s1. The highest BCUT2D eigenvalue weighted by molar-refractivity contribution is 9.10. The van der Waals surface area contributed by atoms with Crippen molar-refractivity contribution in [2.75, 3.05) is 0 Å². The third-order valence-electron chi connectivity index (χ3n) is 2.32. The molecule has 88 valence electrons. The first-order valence-electron chi connectivity index (χ1n) is 5.29. The normalized spacial score (nSPS) is 12.5. The number of halogens is 1. The molecule has 2 heterocycles. The lowest BCUT2D eigenvalue weighted by Crippen LogP contribution is -2.11. The summed E-state index contributed by atoms with van der Waals surface area (Å²) in [4.78, 5) is 13.1. The van der Waals surface area contributed by atoms with Crippen molar-refractivity contribution >= 4 is 15.9 Å². The van der Waals surface area contributed by atoms with E-state index in [1.807, 2.05) is 26.0 Å². The van der Waals surface area contributed by atoms with Crippen molar-refractivity contribution in [3.05, 3.63) is 40.4 Å². The fourth-order valence-corrected chi connectivity index (χ4v) is 1.76. The molecule has 0 aliphatic rings. The number of aromatic nitrogens is 3. The molecule has 0 aliphatic heterocycles. The Labute approximate surface area is 108 Å². The van der Waals surface area contributed by atoms with Gasteiger partial charge in [0.1, 0.15) is 5.69 Å². The van der Waals surface area contributed by atoms with Gasteiger partial charge < -0.3 is 5.73 Å². The van der Waals surface area contributed by atoms with Crippen molar-refractivity contribution in [2.24, 2.45) is 5.73 Å². The molecule has 0 aliphatic carbocycles. The van der Waals surface area contributed by atoms with Crippen LogP contribution in [0.3, 0.4) is 0 Å². The Morgan fingerprint density at radius 3 is 2.59 bits per heavy atom. The Balaban J connectivity index is 2.56. The number of hydrogen-bond acceptors (Lipinski definition) is 4. The smallest absolute Gasteiger partial charge is 0.112 e. The molecule has 0 unspecified atom stereocenters. The molecule has 0 bridgehead atoms. The lowest BCUT2D eigenvalue weighted by molar-refractivity contribution is 0.771. The van der Waals surface area contributed by atoms with E-state index >= 15 is 0 Å². The molecule has 5 heteroatoms. The third-order valence-corrected chi connectivity index (χ3v) is 2.79. The van der Waals surface area contributed by atoms with Crippen LogP contribution in [0.2, 0.25) is 0 Å². The van der Waals surface area contributed by atoms with Gasteiger partial charge >= 0.3 is 0 Å². The van der Waals surface area contributed by atoms with Crippen LogP contribution in [0.15, 0.2) is 29.0 Å². The molecular weight excluding hydrogens is 280 g/mol. The summed E-state index contributed by atoms with van der Waals surface area (Å²) in [5.74, 6) is 0. The maximum Gasteiger partial charge on any atom is 0.112 e. The van der Waals surface area contributed by atoms with Crippen LogP contribution in [0.5, 0.6) is 0 Å². The van der Waals surface area contributed by atoms with Crippen molar-refractivity contribution in [3.8, 4) is 11.4 Å². The number of nitrogens with zero attached hydrogens (tertiary/aromatic N) is 3. The summed E-state index contributed by atoms with van der Waals surface area (Å²) in [5.41, 5.74) is 9.06. The molecule has 17 heavy (non-hydrogen) atoms. The van der Waals surface area contributed by atoms with Crippen LogP contribution in [0.4, 0.5) is 0 Å². The second-order valence-electron chi connectivity index (χ2n) is 3.90. The summed E-state index contributed by atoms with van der Waals surface area (Å²) < 4.78 is 0.934. The summed E-state index contributed by atoms with van der Waals surface area (Å²) in [6, 6.07) is 3.67. The first kappa shape index (κ1) is 12.1. The Morgan fingerprint density at radius 2 is 2.00 bits per heavy atom. The van der Waals surface area contributed by atoms with E-state index in [0.29, 0.717) is 0 Å². The van der Waals surface area contributed by atoms with Crippen LogP contribution in [-0.4, -0.2) is 15.0 Å². The van der Waals surface area contributed by atoms with E-state index in [-0.39, 0.29) is 6.04 Å². The monoisotopic (exact) mass is 292 g/mol. The number of aryl methyl sites for hydroxylation is 1. The first-order chi connectivity index (χ1) is 8.08. The lowest BCUT2D eigenvalue weighted by atomic mass is 10.1. The van der Waals surface area contributed by atoms with E-state index in [2.05, 4.69) is 30.9 Å². The van der Waals surface area contributed by atoms with Gasteiger partial charge in [0.2, 0.25) is 0 Å². The SMILES string of the molecule is Cc1cnc([C@H](C)N)c(-c2ccc(Br)cn2)n1. The average molecular weight is 293 g/mol. The molecule has 2 rings (SSSR count). The van der Waals surface area contributed by atoms with Crippen LogP contribution in [0, 0.1) is 6.92 Å². The molecule has 4 nitrogen and oxygen atoms in total. The van der Waals surface area contributed by atoms with Gasteiger partial charge in [-0.1, -0.05) is 0 Å². The molecule has 0 fully saturated rings. The quantitative estimate of drug-likeness (QED) is 0.924. The number of hydrogen-bond donors (Lipinski definition) is 1. The van der Waals surface area contributed by atoms with E-state index in [1.165, 1.54) is 0 Å². The van der Waals surface area contributed by atoms with E-state index in [0.717, 1.165) is 27.2 Å². The van der Waals surface area contributed by atoms with Crippen molar-refractivity contribution in [1.82, 2.24) is 15.0 Å². The molecule has 0 spiro atoms. The number of rotatable bonds is 2. The highest BCUT2D eigenvalue weighted by Gasteiger charge is 2.13. The molecule has 0 saturated carbocycles. The zero-order valence-corrected chi connectivity index (χ0v) is 11.3. The van der Waals surface area contributed by atoms with Crippen LogP contribution < -0.4 is 5.73 Å². The average Bonchev–Trinajstić information content (AvgIpc) is 2.29. The largest absolute Gasteiger partial charge is 0.323 e. The van der Waals surface area contributed by atoms with Gasteiger partial charge in [0.25, 0.3) is 0 Å². The third kappa shape index (κ3) is 2.68. The minimum Gasteiger partial charge on any atom is -0.323 e. The van der Waals surface area contributed by atoms with Crippen LogP contribution in [0.1, 0.15) is 24.4 Å². The van der Waals surface area contributed by atoms with Crippen molar-refractivity contribution in [3.63, 3.8) is 0 Å². The molecule has 0 aromatic carbocycles. The predicted molar refractivity (Wildman–Crippen MR) is 70.3 cm³/mol. The van der Waals surface area contributed by atoms with Gasteiger partial charge in [-0.25, -0.2) is 4.98 Å². The maximum absolute atomic E-state index is 5.89. The van der Waals surface area contributed by atoms with Crippen LogP contribution in [0.25, 0.3) is 11.4 Å². The zero-order valence-electron chi connectivity index (χ0n) is 9.68. The minimum absolute atomic E-state index is 0.163. The predicted octanol–water partition coefficient (Wildman–Crippen LogP) is 2.63. The lowest BCUT2D eigenvalue weighted by Gasteiger charge is -2.10. The summed E-state index contributed by atoms with van der Waals surface area (Å²) in [7, 11) is 0. The van der Waals surface area contributed by atoms with Gasteiger partial charge in [-0.2, -0.15) is 0 Å². The second-order valence-corrected chi connectivity index (χ2v) is 4.81. The molecule has 0 radical (unpaired) electrons. The van der Waals surface area contributed by atoms with E-state index in [4.69, 9.17) is 5.73 Å². The van der Waals surface area contributed by atoms with Crippen molar-refractivity contribution < 1.29 is 0 Å². The van der Waals surface area contributed by atoms with Gasteiger partial charge in [-0.05, 0) is 41.9 Å². The fraction of sp³-hybridized carbons (Fsp3) is 0.250. The Hall–Kier alpha value is -1.33. The molecule has 2 aromatic heterocycles. The summed E-state index contributed by atoms with van der Waals surface area (Å²) in [6.07, 6.45) is 3.46. The van der Waals surface area contributed by atoms with Crippen LogP contribution in [-0.2, 0) is 0 Å². The number of nitrogens with two attached hydrogens (primary N) is 1. The molecule has 0 amide bonds. The van der Waals surface area contributed by atoms with Crippen LogP contribution >= 0.6 is 15.9 Å². The van der Waals surface area contributed by atoms with E-state index < -0.39 is 0 Å². The Morgan fingerprint density at radius 1 is 1.24 bits per heavy atom. The van der Waals surface area contributed by atoms with Gasteiger partial charge in [0.05, 0.1) is 17.1 Å². The van der Waals surface area contributed by atoms with E-state index in [1.54, 1.807) is 12.4 Å². The van der Waals surface area contributed by atoms with E-state index in [9.17, 15) is 0 Å². The molecule has 2 N–H and O–H groups in total. The number of pyridine rings is 1. The molecular formula is C12H13BrN4. The van der Waals surface area contributed by atoms with Gasteiger partial charge in [-0.3, -0.25) is 9.97 Å². The molecule has 2 aromatic rings.